The van der Waals surface area contributed by atoms with Crippen LogP contribution in [0.25, 0.3) is 0 Å². The van der Waals surface area contributed by atoms with Crippen molar-refractivity contribution < 1.29 is 178 Å². The van der Waals surface area contributed by atoms with E-state index in [1.807, 2.05) is 0 Å². The van der Waals surface area contributed by atoms with Gasteiger partial charge in [-0.2, -0.15) is 0 Å². The van der Waals surface area contributed by atoms with Crippen molar-refractivity contribution >= 4 is 11.8 Å². The lowest BCUT2D eigenvalue weighted by molar-refractivity contribution is -0.389. The molecule has 0 aromatic heterocycles. The van der Waals surface area contributed by atoms with Gasteiger partial charge in [0.15, 0.2) is 44.0 Å². The molecule has 2 amide bonds. The van der Waals surface area contributed by atoms with E-state index in [-0.39, 0.29) is 0 Å². The van der Waals surface area contributed by atoms with Crippen LogP contribution >= 0.6 is 0 Å². The van der Waals surface area contributed by atoms with E-state index < -0.39 is 273 Å². The largest absolute Gasteiger partial charge is 0.394 e. The number of carbonyl (C=O) groups excluding carboxylic acids is 2. The summed E-state index contributed by atoms with van der Waals surface area (Å²) in [5, 5.41) is 230. The van der Waals surface area contributed by atoms with Crippen molar-refractivity contribution in [3.63, 3.8) is 0 Å². The summed E-state index contributed by atoms with van der Waals surface area (Å²) in [6.45, 7) is -5.09. The predicted molar refractivity (Wildman–Crippen MR) is 255 cm³/mol. The molecule has 38 heteroatoms. The van der Waals surface area contributed by atoms with Gasteiger partial charge in [-0.15, -0.1) is 0 Å². The van der Waals surface area contributed by atoms with Crippen LogP contribution in [-0.4, -0.2) is 380 Å². The average Bonchev–Trinajstić information content (AvgIpc) is 1.72. The summed E-state index contributed by atoms with van der Waals surface area (Å²) in [7, 11) is 0. The van der Waals surface area contributed by atoms with Gasteiger partial charge >= 0.3 is 0 Å². The van der Waals surface area contributed by atoms with Gasteiger partial charge in [0, 0.05) is 13.8 Å². The quantitative estimate of drug-likeness (QED) is 0.0507. The van der Waals surface area contributed by atoms with Gasteiger partial charge in [-0.1, -0.05) is 0 Å². The zero-order valence-corrected chi connectivity index (χ0v) is 44.7. The Labute approximate surface area is 475 Å². The second-order valence-electron chi connectivity index (χ2n) is 21.0. The lowest BCUT2D eigenvalue weighted by Gasteiger charge is -2.51. The van der Waals surface area contributed by atoms with Gasteiger partial charge in [0.05, 0.1) is 46.2 Å². The molecule has 7 heterocycles. The fraction of sp³-hybridized carbons (Fsp3) is 0.957. The summed E-state index contributed by atoms with van der Waals surface area (Å²) in [6, 6.07) is -3.68. The van der Waals surface area contributed by atoms with Crippen LogP contribution in [0.15, 0.2) is 0 Å². The van der Waals surface area contributed by atoms with Gasteiger partial charge in [-0.3, -0.25) is 9.59 Å². The molecule has 0 spiro atoms. The van der Waals surface area contributed by atoms with Gasteiger partial charge < -0.3 is 179 Å². The molecule has 7 fully saturated rings. The van der Waals surface area contributed by atoms with E-state index in [2.05, 4.69) is 10.6 Å². The maximum absolute atomic E-state index is 12.7. The summed E-state index contributed by atoms with van der Waals surface area (Å²) >= 11 is 0. The van der Waals surface area contributed by atoms with Crippen LogP contribution in [0.3, 0.4) is 0 Å². The van der Waals surface area contributed by atoms with Gasteiger partial charge in [-0.25, -0.2) is 0 Å². The van der Waals surface area contributed by atoms with Gasteiger partial charge in [0.25, 0.3) is 0 Å². The number of hydrogen-bond donors (Lipinski definition) is 23. The van der Waals surface area contributed by atoms with E-state index >= 15 is 0 Å². The molecule has 84 heavy (non-hydrogen) atoms. The molecule has 488 valence electrons. The number of ether oxygens (including phenoxy) is 13. The molecule has 0 unspecified atom stereocenters. The number of carbonyl (C=O) groups is 2. The number of aliphatic hydroxyl groups is 21. The lowest BCUT2D eigenvalue weighted by atomic mass is 9.93. The Morgan fingerprint density at radius 1 is 0.286 bits per heavy atom. The third-order valence-corrected chi connectivity index (χ3v) is 15.3. The molecule has 0 saturated carbocycles. The molecule has 23 N–H and O–H groups in total. The maximum atomic E-state index is 12.7. The van der Waals surface area contributed by atoms with Crippen LogP contribution in [0.5, 0.6) is 0 Å². The van der Waals surface area contributed by atoms with Gasteiger partial charge in [0.1, 0.15) is 171 Å². The Bertz CT molecular complexity index is 2060. The Kier molecular flexibility index (Phi) is 24.6. The van der Waals surface area contributed by atoms with Gasteiger partial charge in [-0.05, 0) is 0 Å². The number of hydrogen-bond acceptors (Lipinski definition) is 36. The minimum absolute atomic E-state index is 0.884. The SMILES string of the molecule is CC(=O)N[C@H]1[C@H](O[C@H]2[C@@H](O)[C@@H](CO)O[C@@H](O[C@H]3[C@H](O)[C@@H](O)[C@@H](O)O[C@@H]3CO)[C@@H]2O)O[C@H](CO)[C@@H](O[C@@H]2O[C@H](CO)[C@H](O)[C@H](O[C@@H]3O[C@H](CO)[C@@H](O[C@@H]4O[C@H](CO)[C@H](O)[C@H](O[C@H]5O[C@H](CO)[C@H](O)[C@H](O)[C@H]5O)[C@H]4O)[C@H](O)[C@H]3NC(C)=O)[C@H]2O)[C@@H]1O. The molecule has 7 saturated heterocycles. The van der Waals surface area contributed by atoms with Crippen LogP contribution < -0.4 is 10.6 Å². The van der Waals surface area contributed by atoms with Crippen LogP contribution in [0, 0.1) is 0 Å². The molecule has 0 bridgehead atoms. The molecule has 7 rings (SSSR count). The Balaban J connectivity index is 1.08. The van der Waals surface area contributed by atoms with Crippen LogP contribution in [0.1, 0.15) is 13.8 Å². The summed E-state index contributed by atoms with van der Waals surface area (Å²) in [4.78, 5) is 25.4. The Hall–Kier alpha value is -2.42. The van der Waals surface area contributed by atoms with Crippen LogP contribution in [0.2, 0.25) is 0 Å². The highest BCUT2D eigenvalue weighted by Crippen LogP contribution is 2.38. The van der Waals surface area contributed by atoms with Crippen LogP contribution in [0.4, 0.5) is 0 Å². The van der Waals surface area contributed by atoms with Crippen molar-refractivity contribution in [2.45, 2.75) is 229 Å². The molecule has 38 nitrogen and oxygen atoms in total. The minimum Gasteiger partial charge on any atom is -0.394 e. The first-order valence-electron chi connectivity index (χ1n) is 26.6. The molecule has 0 aliphatic carbocycles. The highest BCUT2D eigenvalue weighted by atomic mass is 16.8. The molecule has 7 aliphatic rings. The maximum Gasteiger partial charge on any atom is 0.217 e. The molecular weight excluding hydrogens is 1160 g/mol. The first kappa shape index (κ1) is 69.1. The monoisotopic (exact) mass is 1230 g/mol. The standard InChI is InChI=1S/C46H78N2O36/c1-10(56)47-19-25(62)34(17(8-54)77-42(19)83-38-23(60)14(5-51)76-46(32(38)69)81-36-16(7-53)72-40(71)29(66)28(36)65)79-44-31(68)37(22(59)13(4-50)74-44)82-41-20(48-11(2)57)26(63)35(18(9-55)78-41)80-45-33(70)39(24(61)15(6-52)75-45)84-43-30(67)27(64)21(58)12(3-49)73-43/h12-46,49-55,58-71H,3-9H2,1-2H3,(H,47,56)(H,48,57)/t12-,13-,14-,15-,16-,17-,18-,19-,20-,21+,22+,23+,24+,25-,26-,27+,28-,29-,30-,31-,32-,33-,34-,35-,36-,37+,38+,39+,40+,41+,42+,43-,44+,45+,46+/m1/s1. The molecule has 7 aliphatic heterocycles. The highest BCUT2D eigenvalue weighted by Gasteiger charge is 2.59. The Morgan fingerprint density at radius 2 is 0.548 bits per heavy atom. The topological polar surface area (TPSA) is 603 Å². The summed E-state index contributed by atoms with van der Waals surface area (Å²) in [6.07, 6.45) is -64.2. The van der Waals surface area contributed by atoms with E-state index in [4.69, 9.17) is 61.6 Å². The smallest absolute Gasteiger partial charge is 0.217 e. The molecule has 0 aromatic rings. The summed E-state index contributed by atoms with van der Waals surface area (Å²) in [5.74, 6) is -1.77. The molecule has 0 radical (unpaired) electrons. The second-order valence-corrected chi connectivity index (χ2v) is 21.0. The number of nitrogens with one attached hydrogen (secondary N) is 2. The van der Waals surface area contributed by atoms with Crippen molar-refractivity contribution in [1.29, 1.82) is 0 Å². The highest BCUT2D eigenvalue weighted by molar-refractivity contribution is 5.73. The van der Waals surface area contributed by atoms with E-state index in [0.717, 1.165) is 13.8 Å². The predicted octanol–water partition coefficient (Wildman–Crippen LogP) is -16.0. The fourth-order valence-corrected chi connectivity index (χ4v) is 10.8. The Morgan fingerprint density at radius 3 is 0.869 bits per heavy atom. The van der Waals surface area contributed by atoms with Crippen molar-refractivity contribution in [1.82, 2.24) is 10.6 Å². The number of amides is 2. The number of rotatable bonds is 21. The third-order valence-electron chi connectivity index (χ3n) is 15.3. The molecule has 0 aromatic carbocycles. The summed E-state index contributed by atoms with van der Waals surface area (Å²) < 4.78 is 74.0. The first-order chi connectivity index (χ1) is 39.8. The van der Waals surface area contributed by atoms with Crippen molar-refractivity contribution in [3.8, 4) is 0 Å². The summed E-state index contributed by atoms with van der Waals surface area (Å²) in [5.41, 5.74) is 0. The molecule has 35 atom stereocenters. The molecular formula is C46H78N2O36. The van der Waals surface area contributed by atoms with Crippen molar-refractivity contribution in [2.24, 2.45) is 0 Å². The van der Waals surface area contributed by atoms with E-state index in [9.17, 15) is 117 Å². The zero-order valence-electron chi connectivity index (χ0n) is 44.7. The zero-order chi connectivity index (χ0) is 61.9. The van der Waals surface area contributed by atoms with Crippen LogP contribution in [-0.2, 0) is 71.2 Å². The minimum atomic E-state index is -2.28. The van der Waals surface area contributed by atoms with E-state index in [0.29, 0.717) is 0 Å². The normalized spacial score (nSPS) is 50.3. The second kappa shape index (κ2) is 29.9. The van der Waals surface area contributed by atoms with Crippen molar-refractivity contribution in [3.05, 3.63) is 0 Å². The number of aliphatic hydroxyl groups excluding tert-OH is 21. The van der Waals surface area contributed by atoms with E-state index in [1.165, 1.54) is 0 Å². The fourth-order valence-electron chi connectivity index (χ4n) is 10.8. The lowest BCUT2D eigenvalue weighted by Crippen LogP contribution is -2.71. The average molecular weight is 1240 g/mol. The third kappa shape index (κ3) is 14.6. The van der Waals surface area contributed by atoms with Crippen molar-refractivity contribution in [2.75, 3.05) is 46.2 Å². The van der Waals surface area contributed by atoms with E-state index in [1.54, 1.807) is 0 Å². The van der Waals surface area contributed by atoms with Gasteiger partial charge in [0.2, 0.25) is 11.8 Å². The first-order valence-corrected chi connectivity index (χ1v) is 26.6.